The summed E-state index contributed by atoms with van der Waals surface area (Å²) in [4.78, 5) is 21.1. The van der Waals surface area contributed by atoms with Crippen molar-refractivity contribution in [2.24, 2.45) is 0 Å². The fourth-order valence-electron chi connectivity index (χ4n) is 2.13. The molecule has 0 aromatic heterocycles. The van der Waals surface area contributed by atoms with E-state index in [9.17, 15) is 14.9 Å². The first-order valence-corrected chi connectivity index (χ1v) is 7.99. The molecule has 0 saturated carbocycles. The van der Waals surface area contributed by atoms with Gasteiger partial charge in [0.2, 0.25) is 0 Å². The second-order valence-electron chi connectivity index (χ2n) is 5.16. The van der Waals surface area contributed by atoms with E-state index in [2.05, 4.69) is 5.32 Å². The molecule has 0 aliphatic rings. The highest BCUT2D eigenvalue weighted by Gasteiger charge is 2.13. The molecule has 3 N–H and O–H groups in total. The van der Waals surface area contributed by atoms with Gasteiger partial charge in [-0.1, -0.05) is 29.3 Å². The van der Waals surface area contributed by atoms with E-state index in [1.54, 1.807) is 18.2 Å². The van der Waals surface area contributed by atoms with Crippen LogP contribution >= 0.6 is 23.2 Å². The van der Waals surface area contributed by atoms with Gasteiger partial charge in [0, 0.05) is 40.4 Å². The van der Waals surface area contributed by atoms with Gasteiger partial charge in [-0.25, -0.2) is 4.79 Å². The van der Waals surface area contributed by atoms with E-state index in [-0.39, 0.29) is 17.9 Å². The van der Waals surface area contributed by atoms with Crippen LogP contribution in [0.4, 0.5) is 11.4 Å². The lowest BCUT2D eigenvalue weighted by molar-refractivity contribution is -0.384. The number of anilines is 1. The van der Waals surface area contributed by atoms with E-state index in [0.717, 1.165) is 12.2 Å². The van der Waals surface area contributed by atoms with Crippen LogP contribution in [-0.2, 0) is 11.3 Å². The number of carboxylic acid groups (broad SMARTS) is 1. The van der Waals surface area contributed by atoms with Crippen LogP contribution < -0.4 is 5.32 Å². The van der Waals surface area contributed by atoms with Crippen LogP contribution in [0.3, 0.4) is 0 Å². The summed E-state index contributed by atoms with van der Waals surface area (Å²) in [6.07, 6.45) is 1.92. The third-order valence-corrected chi connectivity index (χ3v) is 3.97. The molecule has 0 amide bonds. The molecule has 2 aromatic carbocycles. The first-order chi connectivity index (χ1) is 12.3. The van der Waals surface area contributed by atoms with Gasteiger partial charge in [-0.15, -0.1) is 0 Å². The number of halogens is 2. The number of non-ortho nitro benzene ring substituents is 1. The second kappa shape index (κ2) is 8.46. The van der Waals surface area contributed by atoms with Crippen molar-refractivity contribution in [3.8, 4) is 0 Å². The Balaban J connectivity index is 2.33. The van der Waals surface area contributed by atoms with Crippen molar-refractivity contribution < 1.29 is 14.8 Å². The highest BCUT2D eigenvalue weighted by molar-refractivity contribution is 6.35. The molecule has 0 bridgehead atoms. The predicted octanol–water partition coefficient (Wildman–Crippen LogP) is 4.52. The Bertz CT molecular complexity index is 913. The van der Waals surface area contributed by atoms with Crippen molar-refractivity contribution in [2.75, 3.05) is 5.32 Å². The number of rotatable bonds is 7. The number of benzene rings is 2. The zero-order valence-corrected chi connectivity index (χ0v) is 14.7. The molecule has 0 unspecified atom stereocenters. The molecule has 0 heterocycles. The third-order valence-electron chi connectivity index (χ3n) is 3.38. The average Bonchev–Trinajstić information content (AvgIpc) is 2.58. The molecule has 0 aliphatic heterocycles. The zero-order valence-electron chi connectivity index (χ0n) is 13.2. The largest absolute Gasteiger partial charge is 0.478 e. The monoisotopic (exact) mass is 393 g/mol. The van der Waals surface area contributed by atoms with Gasteiger partial charge in [-0.05, 0) is 29.8 Å². The summed E-state index contributed by atoms with van der Waals surface area (Å²) in [6.45, 7) is 0.236. The number of nitrogens with zero attached hydrogens (tertiary/aromatic N) is 1. The van der Waals surface area contributed by atoms with E-state index in [0.29, 0.717) is 26.9 Å². The van der Waals surface area contributed by atoms with E-state index >= 15 is 0 Å². The Labute approximate surface area is 158 Å². The molecule has 2 aromatic rings. The van der Waals surface area contributed by atoms with E-state index < -0.39 is 10.9 Å². The van der Waals surface area contributed by atoms with Crippen LogP contribution in [0.5, 0.6) is 0 Å². The van der Waals surface area contributed by atoms with Crippen LogP contribution in [0.15, 0.2) is 48.6 Å². The Kier molecular flexibility index (Phi) is 6.32. The van der Waals surface area contributed by atoms with Gasteiger partial charge in [-0.2, -0.15) is 0 Å². The Morgan fingerprint density at radius 3 is 2.58 bits per heavy atom. The number of aliphatic carboxylic acids is 1. The summed E-state index contributed by atoms with van der Waals surface area (Å²) in [6, 6.07) is 8.87. The summed E-state index contributed by atoms with van der Waals surface area (Å²) in [5, 5.41) is 31.6. The minimum absolute atomic E-state index is 0.105. The van der Waals surface area contributed by atoms with Gasteiger partial charge in [0.15, 0.2) is 0 Å². The number of nitrogens with one attached hydrogen (secondary N) is 2. The molecular formula is C17H13Cl2N3O4. The maximum Gasteiger partial charge on any atom is 0.328 e. The van der Waals surface area contributed by atoms with Crippen LogP contribution in [0.1, 0.15) is 11.1 Å². The van der Waals surface area contributed by atoms with Gasteiger partial charge >= 0.3 is 5.97 Å². The molecule has 0 saturated heterocycles. The molecule has 2 rings (SSSR count). The Morgan fingerprint density at radius 1 is 1.23 bits per heavy atom. The van der Waals surface area contributed by atoms with Gasteiger partial charge < -0.3 is 15.8 Å². The van der Waals surface area contributed by atoms with Gasteiger partial charge in [0.05, 0.1) is 16.3 Å². The Hall–Kier alpha value is -2.90. The van der Waals surface area contributed by atoms with Crippen LogP contribution in [0.25, 0.3) is 0 Å². The lowest BCUT2D eigenvalue weighted by Crippen LogP contribution is -2.07. The second-order valence-corrected chi connectivity index (χ2v) is 6.01. The number of nitro benzene ring substituents is 1. The molecule has 0 radical (unpaired) electrons. The lowest BCUT2D eigenvalue weighted by Gasteiger charge is -2.12. The highest BCUT2D eigenvalue weighted by atomic mass is 35.5. The first kappa shape index (κ1) is 19.4. The smallest absolute Gasteiger partial charge is 0.328 e. The molecular weight excluding hydrogens is 381 g/mol. The van der Waals surface area contributed by atoms with Crippen molar-refractivity contribution in [1.82, 2.24) is 0 Å². The van der Waals surface area contributed by atoms with Gasteiger partial charge in [0.1, 0.15) is 0 Å². The van der Waals surface area contributed by atoms with Crippen molar-refractivity contribution in [2.45, 2.75) is 6.54 Å². The fraction of sp³-hybridized carbons (Fsp3) is 0.0588. The molecule has 134 valence electrons. The van der Waals surface area contributed by atoms with Crippen LogP contribution in [0, 0.1) is 15.5 Å². The van der Waals surface area contributed by atoms with E-state index in [4.69, 9.17) is 33.7 Å². The van der Waals surface area contributed by atoms with Crippen molar-refractivity contribution in [3.63, 3.8) is 0 Å². The summed E-state index contributed by atoms with van der Waals surface area (Å²) in [5.41, 5.74) is 1.07. The normalized spacial score (nSPS) is 10.7. The quantitative estimate of drug-likeness (QED) is 0.276. The van der Waals surface area contributed by atoms with Gasteiger partial charge in [0.25, 0.3) is 5.69 Å². The minimum atomic E-state index is -1.20. The summed E-state index contributed by atoms with van der Waals surface area (Å²) >= 11 is 12.0. The molecule has 26 heavy (non-hydrogen) atoms. The summed E-state index contributed by atoms with van der Waals surface area (Å²) in [5.74, 6) is -1.20. The minimum Gasteiger partial charge on any atom is -0.478 e. The average molecular weight is 394 g/mol. The van der Waals surface area contributed by atoms with Crippen molar-refractivity contribution in [3.05, 3.63) is 79.8 Å². The molecule has 0 aliphatic carbocycles. The fourth-order valence-corrected chi connectivity index (χ4v) is 2.60. The number of carboxylic acids is 1. The number of allylic oxidation sites excluding steroid dienone is 1. The number of hydrogen-bond acceptors (Lipinski definition) is 5. The van der Waals surface area contributed by atoms with Crippen LogP contribution in [0.2, 0.25) is 10.0 Å². The SMILES string of the molecule is N=C(C=CC(=O)O)c1ccc([N+](=O)[O-])cc1NCc1ccc(Cl)cc1Cl. The van der Waals surface area contributed by atoms with E-state index in [1.807, 2.05) is 0 Å². The molecule has 9 heteroatoms. The lowest BCUT2D eigenvalue weighted by atomic mass is 10.1. The van der Waals surface area contributed by atoms with Crippen LogP contribution in [-0.4, -0.2) is 21.7 Å². The molecule has 0 fully saturated rings. The number of nitro groups is 1. The molecule has 0 spiro atoms. The van der Waals surface area contributed by atoms with Gasteiger partial charge in [-0.3, -0.25) is 10.1 Å². The summed E-state index contributed by atoms with van der Waals surface area (Å²) < 4.78 is 0. The maximum atomic E-state index is 11.0. The van der Waals surface area contributed by atoms with E-state index in [1.165, 1.54) is 18.2 Å². The third kappa shape index (κ3) is 5.05. The Morgan fingerprint density at radius 2 is 1.96 bits per heavy atom. The summed E-state index contributed by atoms with van der Waals surface area (Å²) in [7, 11) is 0. The topological polar surface area (TPSA) is 116 Å². The van der Waals surface area contributed by atoms with Crippen molar-refractivity contribution >= 4 is 46.3 Å². The van der Waals surface area contributed by atoms with Crippen molar-refractivity contribution in [1.29, 1.82) is 5.41 Å². The molecule has 7 nitrogen and oxygen atoms in total. The highest BCUT2D eigenvalue weighted by Crippen LogP contribution is 2.26. The first-order valence-electron chi connectivity index (χ1n) is 7.24. The number of hydrogen-bond donors (Lipinski definition) is 3. The molecule has 0 atom stereocenters. The zero-order chi connectivity index (χ0) is 19.3. The number of carbonyl (C=O) groups is 1. The standard InChI is InChI=1S/C17H13Cl2N3O4/c18-11-2-1-10(14(19)7-11)9-21-16-8-12(22(25)26)3-4-13(16)15(20)5-6-17(23)24/h1-8,20-21H,9H2,(H,23,24). The maximum absolute atomic E-state index is 11.0. The predicted molar refractivity (Wildman–Crippen MR) is 100 cm³/mol.